The maximum atomic E-state index is 5.53. The molecule has 0 bridgehead atoms. The van der Waals surface area contributed by atoms with E-state index in [0.717, 1.165) is 6.54 Å². The number of rotatable bonds is 3. The van der Waals surface area contributed by atoms with Crippen molar-refractivity contribution in [2.45, 2.75) is 33.1 Å². The highest BCUT2D eigenvalue weighted by atomic mass is 14.7. The molecule has 0 radical (unpaired) electrons. The minimum atomic E-state index is 0.600. The maximum absolute atomic E-state index is 5.53. The lowest BCUT2D eigenvalue weighted by molar-refractivity contribution is 0.790. The number of allylic oxidation sites excluding steroid dienone is 1. The third kappa shape index (κ3) is 2.66. The number of nitrogens with two attached hydrogens (primary N) is 1. The first-order valence-corrected chi connectivity index (χ1v) is 5.19. The highest BCUT2D eigenvalue weighted by Crippen LogP contribution is 2.31. The van der Waals surface area contributed by atoms with E-state index in [-0.39, 0.29) is 0 Å². The van der Waals surface area contributed by atoms with Crippen LogP contribution in [0, 0.1) is 5.92 Å². The van der Waals surface area contributed by atoms with E-state index in [9.17, 15) is 0 Å². The second-order valence-corrected chi connectivity index (χ2v) is 3.58. The summed E-state index contributed by atoms with van der Waals surface area (Å²) in [5.74, 6) is 0.600. The van der Waals surface area contributed by atoms with Crippen LogP contribution in [0.4, 0.5) is 0 Å². The van der Waals surface area contributed by atoms with Gasteiger partial charge >= 0.3 is 0 Å². The van der Waals surface area contributed by atoms with E-state index in [0.29, 0.717) is 12.5 Å². The normalized spacial score (nSPS) is 27.2. The van der Waals surface area contributed by atoms with Gasteiger partial charge in [-0.15, -0.1) is 0 Å². The third-order valence-corrected chi connectivity index (χ3v) is 2.70. The van der Waals surface area contributed by atoms with Gasteiger partial charge in [-0.25, -0.2) is 0 Å². The van der Waals surface area contributed by atoms with Crippen LogP contribution in [-0.2, 0) is 0 Å². The molecule has 0 amide bonds. The quantitative estimate of drug-likeness (QED) is 0.524. The van der Waals surface area contributed by atoms with Crippen molar-refractivity contribution in [1.29, 1.82) is 0 Å². The maximum Gasteiger partial charge on any atom is 0.0360 e. The van der Waals surface area contributed by atoms with Crippen LogP contribution in [0.3, 0.4) is 0 Å². The van der Waals surface area contributed by atoms with Crippen LogP contribution in [-0.4, -0.2) is 18.8 Å². The lowest BCUT2D eigenvalue weighted by Crippen LogP contribution is -2.10. The first kappa shape index (κ1) is 10.5. The van der Waals surface area contributed by atoms with Crippen molar-refractivity contribution in [3.8, 4) is 0 Å². The summed E-state index contributed by atoms with van der Waals surface area (Å²) >= 11 is 0. The summed E-state index contributed by atoms with van der Waals surface area (Å²) in [6.07, 6.45) is 5.96. The lowest BCUT2D eigenvalue weighted by Gasteiger charge is -2.11. The first-order chi connectivity index (χ1) is 6.29. The average Bonchev–Trinajstić information content (AvgIpc) is 2.54. The van der Waals surface area contributed by atoms with Gasteiger partial charge in [-0.05, 0) is 33.1 Å². The average molecular weight is 180 g/mol. The van der Waals surface area contributed by atoms with Crippen LogP contribution in [0.25, 0.3) is 0 Å². The number of hydrogen-bond donors (Lipinski definition) is 1. The molecule has 1 unspecified atom stereocenters. The van der Waals surface area contributed by atoms with E-state index >= 15 is 0 Å². The van der Waals surface area contributed by atoms with Crippen molar-refractivity contribution < 1.29 is 0 Å². The molecule has 1 aliphatic rings. The van der Waals surface area contributed by atoms with E-state index in [1.165, 1.54) is 30.5 Å². The topological polar surface area (TPSA) is 38.4 Å². The van der Waals surface area contributed by atoms with Gasteiger partial charge in [0.15, 0.2) is 0 Å². The van der Waals surface area contributed by atoms with Crippen LogP contribution in [0.1, 0.15) is 33.1 Å². The molecule has 0 aliphatic heterocycles. The molecule has 0 spiro atoms. The molecule has 1 fully saturated rings. The van der Waals surface area contributed by atoms with Crippen LogP contribution in [0.15, 0.2) is 16.6 Å². The molecule has 2 nitrogen and oxygen atoms in total. The monoisotopic (exact) mass is 180 g/mol. The molecular weight excluding hydrogens is 160 g/mol. The summed E-state index contributed by atoms with van der Waals surface area (Å²) in [6, 6.07) is 0. The molecule has 1 rings (SSSR count). The summed E-state index contributed by atoms with van der Waals surface area (Å²) in [7, 11) is 0. The largest absolute Gasteiger partial charge is 0.327 e. The zero-order valence-corrected chi connectivity index (χ0v) is 8.71. The Kier molecular flexibility index (Phi) is 4.16. The van der Waals surface area contributed by atoms with Crippen LogP contribution in [0.2, 0.25) is 0 Å². The Balaban J connectivity index is 2.68. The van der Waals surface area contributed by atoms with E-state index in [4.69, 9.17) is 5.73 Å². The van der Waals surface area contributed by atoms with Crippen LogP contribution >= 0.6 is 0 Å². The molecule has 1 atom stereocenters. The number of aliphatic imine (C=N–C) groups is 1. The number of hydrogen-bond acceptors (Lipinski definition) is 2. The molecule has 0 saturated heterocycles. The van der Waals surface area contributed by atoms with Gasteiger partial charge in [-0.2, -0.15) is 0 Å². The Morgan fingerprint density at radius 2 is 2.46 bits per heavy atom. The van der Waals surface area contributed by atoms with E-state index < -0.39 is 0 Å². The predicted octanol–water partition coefficient (Wildman–Crippen LogP) is 2.15. The Morgan fingerprint density at radius 1 is 1.69 bits per heavy atom. The third-order valence-electron chi connectivity index (χ3n) is 2.70. The first-order valence-electron chi connectivity index (χ1n) is 5.19. The zero-order valence-electron chi connectivity index (χ0n) is 8.71. The Bertz CT molecular complexity index is 216. The highest BCUT2D eigenvalue weighted by Gasteiger charge is 2.22. The second kappa shape index (κ2) is 5.18. The van der Waals surface area contributed by atoms with Gasteiger partial charge in [-0.1, -0.05) is 11.6 Å². The van der Waals surface area contributed by atoms with Gasteiger partial charge in [0, 0.05) is 24.7 Å². The molecule has 0 aromatic rings. The minimum absolute atomic E-state index is 0.600. The molecule has 0 aromatic heterocycles. The standard InChI is InChI=1S/C11H20N2/c1-3-13-9(2)11-6-4-5-10(11)7-8-12/h7,11H,3-6,8,12H2,1-2H3. The van der Waals surface area contributed by atoms with Crippen molar-refractivity contribution >= 4 is 5.71 Å². The van der Waals surface area contributed by atoms with Crippen molar-refractivity contribution in [3.63, 3.8) is 0 Å². The van der Waals surface area contributed by atoms with E-state index in [1.807, 2.05) is 0 Å². The second-order valence-electron chi connectivity index (χ2n) is 3.58. The number of nitrogens with zero attached hydrogens (tertiary/aromatic N) is 1. The molecule has 2 N–H and O–H groups in total. The lowest BCUT2D eigenvalue weighted by atomic mass is 9.97. The molecule has 0 heterocycles. The Labute approximate surface area is 80.9 Å². The molecule has 2 heteroatoms. The fourth-order valence-corrected chi connectivity index (χ4v) is 2.10. The summed E-state index contributed by atoms with van der Waals surface area (Å²) < 4.78 is 0. The smallest absolute Gasteiger partial charge is 0.0360 e. The van der Waals surface area contributed by atoms with Gasteiger partial charge in [-0.3, -0.25) is 4.99 Å². The summed E-state index contributed by atoms with van der Waals surface area (Å²) in [4.78, 5) is 4.47. The van der Waals surface area contributed by atoms with Crippen molar-refractivity contribution in [2.75, 3.05) is 13.1 Å². The molecule has 1 saturated carbocycles. The van der Waals surface area contributed by atoms with Gasteiger partial charge in [0.05, 0.1) is 0 Å². The molecule has 0 aromatic carbocycles. The zero-order chi connectivity index (χ0) is 9.68. The van der Waals surface area contributed by atoms with Gasteiger partial charge in [0.1, 0.15) is 0 Å². The fourth-order valence-electron chi connectivity index (χ4n) is 2.10. The van der Waals surface area contributed by atoms with Crippen LogP contribution < -0.4 is 5.73 Å². The fraction of sp³-hybridized carbons (Fsp3) is 0.727. The highest BCUT2D eigenvalue weighted by molar-refractivity contribution is 5.87. The minimum Gasteiger partial charge on any atom is -0.327 e. The summed E-state index contributed by atoms with van der Waals surface area (Å²) in [5, 5.41) is 0. The van der Waals surface area contributed by atoms with Gasteiger partial charge in [0.2, 0.25) is 0 Å². The molecule has 74 valence electrons. The summed E-state index contributed by atoms with van der Waals surface area (Å²) in [6.45, 7) is 5.80. The predicted molar refractivity (Wildman–Crippen MR) is 58.1 cm³/mol. The molecule has 13 heavy (non-hydrogen) atoms. The van der Waals surface area contributed by atoms with E-state index in [2.05, 4.69) is 24.9 Å². The SMILES string of the molecule is CCN=C(C)C1CCCC1=CCN. The van der Waals surface area contributed by atoms with Crippen molar-refractivity contribution in [3.05, 3.63) is 11.6 Å². The van der Waals surface area contributed by atoms with Gasteiger partial charge in [0.25, 0.3) is 0 Å². The summed E-state index contributed by atoms with van der Waals surface area (Å²) in [5.41, 5.74) is 8.33. The van der Waals surface area contributed by atoms with E-state index in [1.54, 1.807) is 0 Å². The Hall–Kier alpha value is -0.630. The molecule has 1 aliphatic carbocycles. The van der Waals surface area contributed by atoms with Crippen molar-refractivity contribution in [1.82, 2.24) is 0 Å². The van der Waals surface area contributed by atoms with Crippen LogP contribution in [0.5, 0.6) is 0 Å². The Morgan fingerprint density at radius 3 is 3.08 bits per heavy atom. The van der Waals surface area contributed by atoms with Gasteiger partial charge < -0.3 is 5.73 Å². The van der Waals surface area contributed by atoms with Crippen molar-refractivity contribution in [2.24, 2.45) is 16.6 Å². The molecular formula is C11H20N2.